The lowest BCUT2D eigenvalue weighted by Crippen LogP contribution is -2.16. The molecule has 0 radical (unpaired) electrons. The monoisotopic (exact) mass is 452 g/mol. The second kappa shape index (κ2) is 8.99. The average molecular weight is 453 g/mol. The van der Waals surface area contributed by atoms with Gasteiger partial charge in [-0.25, -0.2) is 0 Å². The summed E-state index contributed by atoms with van der Waals surface area (Å²) in [7, 11) is 1.57. The highest BCUT2D eigenvalue weighted by Gasteiger charge is 2.22. The molecule has 0 spiro atoms. The Kier molecular flexibility index (Phi) is 6.15. The Hall–Kier alpha value is -3.04. The molecule has 0 atom stereocenters. The minimum absolute atomic E-state index is 0.0945. The van der Waals surface area contributed by atoms with Crippen molar-refractivity contribution in [3.8, 4) is 5.75 Å². The summed E-state index contributed by atoms with van der Waals surface area (Å²) in [6, 6.07) is 10.8. The molecule has 1 N–H and O–H groups in total. The van der Waals surface area contributed by atoms with Crippen molar-refractivity contribution in [3.63, 3.8) is 0 Å². The van der Waals surface area contributed by atoms with Gasteiger partial charge in [-0.1, -0.05) is 29.2 Å². The van der Waals surface area contributed by atoms with Crippen molar-refractivity contribution in [2.24, 2.45) is 4.99 Å². The first-order valence-electron chi connectivity index (χ1n) is 9.55. The van der Waals surface area contributed by atoms with Crippen molar-refractivity contribution in [3.05, 3.63) is 58.7 Å². The summed E-state index contributed by atoms with van der Waals surface area (Å²) >= 11 is 2.74. The van der Waals surface area contributed by atoms with Crippen LogP contribution in [0.2, 0.25) is 0 Å². The third-order valence-corrected chi connectivity index (χ3v) is 6.76. The van der Waals surface area contributed by atoms with Crippen molar-refractivity contribution in [1.29, 1.82) is 0 Å². The number of carbonyl (C=O) groups is 2. The van der Waals surface area contributed by atoms with E-state index in [1.165, 1.54) is 23.1 Å². The van der Waals surface area contributed by atoms with Crippen molar-refractivity contribution in [2.75, 3.05) is 18.2 Å². The largest absolute Gasteiger partial charge is 0.497 e. The molecule has 1 aromatic heterocycles. The minimum atomic E-state index is -0.264. The zero-order valence-corrected chi connectivity index (χ0v) is 18.9. The number of hydrogen-bond acceptors (Lipinski definition) is 8. The van der Waals surface area contributed by atoms with Gasteiger partial charge in [0, 0.05) is 22.6 Å². The van der Waals surface area contributed by atoms with Gasteiger partial charge in [-0.2, -0.15) is 0 Å². The molecule has 2 heterocycles. The van der Waals surface area contributed by atoms with Crippen molar-refractivity contribution >= 4 is 51.3 Å². The lowest BCUT2D eigenvalue weighted by Gasteiger charge is -2.16. The molecule has 0 fully saturated rings. The lowest BCUT2D eigenvalue weighted by atomic mass is 9.96. The predicted octanol–water partition coefficient (Wildman–Crippen LogP) is 4.87. The molecule has 0 bridgehead atoms. The van der Waals surface area contributed by atoms with Gasteiger partial charge in [0.15, 0.2) is 10.1 Å². The normalized spacial score (nSPS) is 12.9. The molecule has 0 saturated carbocycles. The Morgan fingerprint density at radius 2 is 1.97 bits per heavy atom. The van der Waals surface area contributed by atoms with Crippen molar-refractivity contribution in [2.45, 2.75) is 24.6 Å². The number of aryl methyl sites for hydroxylation is 2. The van der Waals surface area contributed by atoms with Gasteiger partial charge in [-0.15, -0.1) is 10.2 Å². The highest BCUT2D eigenvalue weighted by Crippen LogP contribution is 2.33. The number of Topliss-reactive ketones (excluding diaryl/α,β-unsaturated/α-hetero) is 1. The fourth-order valence-corrected chi connectivity index (χ4v) is 4.93. The maximum Gasteiger partial charge on any atom is 0.257 e. The summed E-state index contributed by atoms with van der Waals surface area (Å²) in [4.78, 5) is 29.6. The van der Waals surface area contributed by atoms with Crippen LogP contribution in [0.5, 0.6) is 5.75 Å². The molecule has 3 aromatic rings. The van der Waals surface area contributed by atoms with Crippen LogP contribution in [0.25, 0.3) is 0 Å². The Morgan fingerprint density at radius 1 is 1.19 bits per heavy atom. The molecule has 0 aliphatic carbocycles. The fourth-order valence-electron chi connectivity index (χ4n) is 3.26. The molecule has 0 unspecified atom stereocenters. The number of nitrogens with one attached hydrogen (secondary N) is 1. The summed E-state index contributed by atoms with van der Waals surface area (Å²) in [6.45, 7) is 3.96. The van der Waals surface area contributed by atoms with E-state index in [0.29, 0.717) is 38.5 Å². The first kappa shape index (κ1) is 21.2. The number of fused-ring (bicyclic) bond motifs is 1. The Labute approximate surface area is 188 Å². The number of aromatic nitrogens is 2. The van der Waals surface area contributed by atoms with Crippen LogP contribution in [0.3, 0.4) is 0 Å². The number of ether oxygens (including phenoxy) is 1. The maximum absolute atomic E-state index is 12.5. The van der Waals surface area contributed by atoms with E-state index < -0.39 is 0 Å². The SMILES string of the molecule is COc1ccc(C(=O)Nc2nnc(SCC3=Nc4c(C)cc(C)cc4C(=O)C3)s2)cc1. The van der Waals surface area contributed by atoms with E-state index in [9.17, 15) is 9.59 Å². The number of hydrogen-bond donors (Lipinski definition) is 1. The number of aliphatic imine (C=N–C) groups is 1. The smallest absolute Gasteiger partial charge is 0.257 e. The third-order valence-electron chi connectivity index (χ3n) is 4.72. The summed E-state index contributed by atoms with van der Waals surface area (Å²) in [6.07, 6.45) is 0.308. The van der Waals surface area contributed by atoms with Crippen LogP contribution in [0, 0.1) is 13.8 Å². The zero-order valence-electron chi connectivity index (χ0n) is 17.3. The van der Waals surface area contributed by atoms with E-state index in [1.54, 1.807) is 31.4 Å². The highest BCUT2D eigenvalue weighted by atomic mass is 32.2. The first-order valence-corrected chi connectivity index (χ1v) is 11.4. The Morgan fingerprint density at radius 3 is 2.71 bits per heavy atom. The predicted molar refractivity (Wildman–Crippen MR) is 124 cm³/mol. The number of rotatable bonds is 6. The van der Waals surface area contributed by atoms with Gasteiger partial charge in [-0.05, 0) is 55.3 Å². The minimum Gasteiger partial charge on any atom is -0.497 e. The van der Waals surface area contributed by atoms with Gasteiger partial charge >= 0.3 is 0 Å². The van der Waals surface area contributed by atoms with E-state index in [0.717, 1.165) is 22.5 Å². The Bertz CT molecular complexity index is 1190. The van der Waals surface area contributed by atoms with Crippen LogP contribution < -0.4 is 10.1 Å². The van der Waals surface area contributed by atoms with Gasteiger partial charge in [0.05, 0.1) is 19.2 Å². The number of amides is 1. The fraction of sp³-hybridized carbons (Fsp3) is 0.227. The standard InChI is InChI=1S/C22H20N4O3S2/c1-12-8-13(2)19-17(9-12)18(27)10-15(23-19)11-30-22-26-25-21(31-22)24-20(28)14-4-6-16(29-3)7-5-14/h4-9H,10-11H2,1-3H3,(H,24,25,28). The molecule has 1 aliphatic rings. The molecule has 2 aromatic carbocycles. The number of anilines is 1. The van der Waals surface area contributed by atoms with E-state index in [2.05, 4.69) is 15.5 Å². The van der Waals surface area contributed by atoms with Crippen LogP contribution in [-0.2, 0) is 0 Å². The molecule has 4 rings (SSSR count). The van der Waals surface area contributed by atoms with Crippen molar-refractivity contribution < 1.29 is 14.3 Å². The number of methoxy groups -OCH3 is 1. The molecular formula is C22H20N4O3S2. The van der Waals surface area contributed by atoms with Gasteiger partial charge in [0.1, 0.15) is 5.75 Å². The number of carbonyl (C=O) groups excluding carboxylic acids is 2. The van der Waals surface area contributed by atoms with Crippen LogP contribution in [0.15, 0.2) is 45.7 Å². The zero-order chi connectivity index (χ0) is 22.0. The van der Waals surface area contributed by atoms with Crippen LogP contribution >= 0.6 is 23.1 Å². The number of thioether (sulfide) groups is 1. The molecular weight excluding hydrogens is 432 g/mol. The summed E-state index contributed by atoms with van der Waals surface area (Å²) in [5, 5.41) is 11.3. The van der Waals surface area contributed by atoms with Gasteiger partial charge < -0.3 is 4.74 Å². The lowest BCUT2D eigenvalue weighted by molar-refractivity contribution is 0.0997. The summed E-state index contributed by atoms with van der Waals surface area (Å²) < 4.78 is 5.80. The maximum atomic E-state index is 12.5. The van der Waals surface area contributed by atoms with E-state index >= 15 is 0 Å². The molecule has 9 heteroatoms. The van der Waals surface area contributed by atoms with Gasteiger partial charge in [0.25, 0.3) is 5.91 Å². The molecule has 7 nitrogen and oxygen atoms in total. The molecule has 31 heavy (non-hydrogen) atoms. The second-order valence-corrected chi connectivity index (χ2v) is 9.30. The van der Waals surface area contributed by atoms with Crippen LogP contribution in [-0.4, -0.2) is 40.5 Å². The Balaban J connectivity index is 1.39. The second-order valence-electron chi connectivity index (χ2n) is 7.10. The van der Waals surface area contributed by atoms with Gasteiger partial charge in [-0.3, -0.25) is 19.9 Å². The topological polar surface area (TPSA) is 93.5 Å². The summed E-state index contributed by atoms with van der Waals surface area (Å²) in [5.41, 5.74) is 4.85. The van der Waals surface area contributed by atoms with Crippen LogP contribution in [0.1, 0.15) is 38.3 Å². The van der Waals surface area contributed by atoms with Gasteiger partial charge in [0.2, 0.25) is 5.13 Å². The first-order chi connectivity index (χ1) is 14.9. The highest BCUT2D eigenvalue weighted by molar-refractivity contribution is 8.01. The molecule has 0 saturated heterocycles. The third kappa shape index (κ3) is 4.83. The number of ketones is 1. The molecule has 158 valence electrons. The molecule has 1 amide bonds. The quantitative estimate of drug-likeness (QED) is 0.424. The molecule has 1 aliphatic heterocycles. The van der Waals surface area contributed by atoms with Crippen LogP contribution in [0.4, 0.5) is 10.8 Å². The number of nitrogens with zero attached hydrogens (tertiary/aromatic N) is 3. The van der Waals surface area contributed by atoms with E-state index in [4.69, 9.17) is 9.73 Å². The van der Waals surface area contributed by atoms with Crippen molar-refractivity contribution in [1.82, 2.24) is 10.2 Å². The summed E-state index contributed by atoms with van der Waals surface area (Å²) in [5.74, 6) is 1.06. The average Bonchev–Trinajstić information content (AvgIpc) is 3.20. The number of benzene rings is 2. The van der Waals surface area contributed by atoms with E-state index in [1.807, 2.05) is 26.0 Å². The van der Waals surface area contributed by atoms with E-state index in [-0.39, 0.29) is 11.7 Å².